The Hall–Kier alpha value is -3.09. The van der Waals surface area contributed by atoms with Crippen molar-refractivity contribution in [2.75, 3.05) is 32.6 Å². The Morgan fingerprint density at radius 2 is 1.79 bits per heavy atom. The second-order valence-electron chi connectivity index (χ2n) is 11.1. The molecule has 1 saturated heterocycles. The number of hydrogen-bond donors (Lipinski definition) is 2. The first kappa shape index (κ1) is 27.5. The highest BCUT2D eigenvalue weighted by Gasteiger charge is 2.29. The van der Waals surface area contributed by atoms with Crippen LogP contribution in [0, 0.1) is 5.92 Å². The molecular formula is C33H42N2O4. The van der Waals surface area contributed by atoms with Crippen LogP contribution in [0.15, 0.2) is 54.6 Å². The molecule has 208 valence electrons. The molecule has 6 heteroatoms. The number of benzene rings is 3. The first-order valence-corrected chi connectivity index (χ1v) is 14.5. The lowest BCUT2D eigenvalue weighted by Crippen LogP contribution is -2.44. The van der Waals surface area contributed by atoms with Gasteiger partial charge in [-0.15, -0.1) is 0 Å². The fraction of sp³-hybridized carbons (Fsp3) is 0.485. The number of aliphatic hydroxyl groups is 1. The summed E-state index contributed by atoms with van der Waals surface area (Å²) in [7, 11) is 3.25. The Labute approximate surface area is 232 Å². The van der Waals surface area contributed by atoms with Gasteiger partial charge in [-0.3, -0.25) is 9.69 Å². The van der Waals surface area contributed by atoms with Gasteiger partial charge in [-0.05, 0) is 85.9 Å². The number of anilines is 1. The van der Waals surface area contributed by atoms with E-state index < -0.39 is 0 Å². The molecule has 3 atom stereocenters. The Morgan fingerprint density at radius 1 is 1.00 bits per heavy atom. The van der Waals surface area contributed by atoms with Gasteiger partial charge in [-0.1, -0.05) is 48.9 Å². The average molecular weight is 531 g/mol. The van der Waals surface area contributed by atoms with Gasteiger partial charge in [0.15, 0.2) is 11.5 Å². The molecular weight excluding hydrogens is 488 g/mol. The summed E-state index contributed by atoms with van der Waals surface area (Å²) in [6.45, 7) is 1.73. The van der Waals surface area contributed by atoms with Crippen molar-refractivity contribution >= 4 is 22.4 Å². The zero-order valence-corrected chi connectivity index (χ0v) is 23.3. The zero-order valence-electron chi connectivity index (χ0n) is 23.3. The molecule has 6 nitrogen and oxygen atoms in total. The number of hydrogen-bond acceptors (Lipinski definition) is 5. The first-order valence-electron chi connectivity index (χ1n) is 14.5. The molecule has 0 saturated carbocycles. The lowest BCUT2D eigenvalue weighted by molar-refractivity contribution is -0.120. The molecule has 3 aromatic carbocycles. The molecule has 0 bridgehead atoms. The minimum atomic E-state index is -0.356. The van der Waals surface area contributed by atoms with Crippen molar-refractivity contribution in [1.82, 2.24) is 4.90 Å². The van der Waals surface area contributed by atoms with Crippen LogP contribution in [-0.2, 0) is 17.6 Å². The lowest BCUT2D eigenvalue weighted by atomic mass is 9.90. The standard InChI is InChI=1S/C33H42N2O4/c1-38-31-20-26-14-13-25(33(37)34-30(26)21-32(31)39-2)15-17-27-11-5-6-19-35(27)22-28(36)18-16-24-10-7-9-23-8-3-4-12-29(23)24/h3-4,7-10,12,20-21,25,27-28,36H,5-6,11,13-19,22H2,1-2H3,(H,34,37). The number of likely N-dealkylation sites (tertiary alicyclic amines) is 1. The predicted octanol–water partition coefficient (Wildman–Crippen LogP) is 5.99. The zero-order chi connectivity index (χ0) is 27.2. The smallest absolute Gasteiger partial charge is 0.227 e. The second kappa shape index (κ2) is 12.8. The SMILES string of the molecule is COc1cc2c(cc1OC)NC(=O)C(CCC1CCCCN1CC(O)CCc1cccc3ccccc13)CC2. The third-order valence-corrected chi connectivity index (χ3v) is 8.67. The van der Waals surface area contributed by atoms with Crippen LogP contribution in [0.2, 0.25) is 0 Å². The predicted molar refractivity (Wildman–Crippen MR) is 157 cm³/mol. The van der Waals surface area contributed by atoms with Crippen molar-refractivity contribution in [3.8, 4) is 11.5 Å². The van der Waals surface area contributed by atoms with Gasteiger partial charge in [0.1, 0.15) is 0 Å². The fourth-order valence-electron chi connectivity index (χ4n) is 6.43. The van der Waals surface area contributed by atoms with Gasteiger partial charge in [0.05, 0.1) is 20.3 Å². The molecule has 0 spiro atoms. The third-order valence-electron chi connectivity index (χ3n) is 8.67. The maximum atomic E-state index is 13.1. The van der Waals surface area contributed by atoms with Gasteiger partial charge < -0.3 is 19.9 Å². The first-order chi connectivity index (χ1) is 19.1. The molecule has 1 amide bonds. The molecule has 2 aliphatic rings. The van der Waals surface area contributed by atoms with E-state index >= 15 is 0 Å². The van der Waals surface area contributed by atoms with Gasteiger partial charge >= 0.3 is 0 Å². The molecule has 3 aromatic rings. The monoisotopic (exact) mass is 530 g/mol. The normalized spacial score (nSPS) is 20.6. The number of nitrogens with one attached hydrogen (secondary N) is 1. The summed E-state index contributed by atoms with van der Waals surface area (Å²) in [5.41, 5.74) is 3.23. The number of aliphatic hydroxyl groups excluding tert-OH is 1. The molecule has 2 heterocycles. The number of carbonyl (C=O) groups is 1. The minimum Gasteiger partial charge on any atom is -0.493 e. The maximum absolute atomic E-state index is 13.1. The van der Waals surface area contributed by atoms with Gasteiger partial charge in [0, 0.05) is 30.3 Å². The summed E-state index contributed by atoms with van der Waals surface area (Å²) in [6.07, 6.45) is 8.31. The number of methoxy groups -OCH3 is 2. The Morgan fingerprint density at radius 3 is 2.64 bits per heavy atom. The number of fused-ring (bicyclic) bond motifs is 2. The van der Waals surface area contributed by atoms with E-state index in [0.29, 0.717) is 24.1 Å². The van der Waals surface area contributed by atoms with Crippen LogP contribution >= 0.6 is 0 Å². The number of aryl methyl sites for hydroxylation is 2. The molecule has 0 aromatic heterocycles. The van der Waals surface area contributed by atoms with Crippen molar-refractivity contribution in [2.45, 2.75) is 69.9 Å². The largest absolute Gasteiger partial charge is 0.493 e. The van der Waals surface area contributed by atoms with Crippen LogP contribution in [0.3, 0.4) is 0 Å². The van der Waals surface area contributed by atoms with E-state index in [0.717, 1.165) is 62.7 Å². The van der Waals surface area contributed by atoms with E-state index in [1.165, 1.54) is 29.2 Å². The van der Waals surface area contributed by atoms with Crippen molar-refractivity contribution in [2.24, 2.45) is 5.92 Å². The molecule has 39 heavy (non-hydrogen) atoms. The van der Waals surface area contributed by atoms with Gasteiger partial charge in [0.2, 0.25) is 5.91 Å². The number of piperidine rings is 1. The maximum Gasteiger partial charge on any atom is 0.227 e. The number of nitrogens with zero attached hydrogens (tertiary/aromatic N) is 1. The van der Waals surface area contributed by atoms with Crippen molar-refractivity contribution < 1.29 is 19.4 Å². The van der Waals surface area contributed by atoms with Gasteiger partial charge in [-0.2, -0.15) is 0 Å². The summed E-state index contributed by atoms with van der Waals surface area (Å²) in [6, 6.07) is 19.2. The quantitative estimate of drug-likeness (QED) is 0.337. The number of β-amino-alcohol motifs (C(OH)–C–C–N with tert-alkyl or cyclic N) is 1. The van der Waals surface area contributed by atoms with Crippen LogP contribution in [0.25, 0.3) is 10.8 Å². The van der Waals surface area contributed by atoms with Crippen LogP contribution in [0.1, 0.15) is 56.1 Å². The Bertz CT molecular complexity index is 1270. The Balaban J connectivity index is 1.16. The molecule has 2 aliphatic heterocycles. The van der Waals surface area contributed by atoms with E-state index in [1.807, 2.05) is 12.1 Å². The highest BCUT2D eigenvalue weighted by atomic mass is 16.5. The van der Waals surface area contributed by atoms with E-state index in [1.54, 1.807) is 14.2 Å². The van der Waals surface area contributed by atoms with Crippen LogP contribution in [0.4, 0.5) is 5.69 Å². The van der Waals surface area contributed by atoms with E-state index in [2.05, 4.69) is 52.7 Å². The highest BCUT2D eigenvalue weighted by molar-refractivity contribution is 5.94. The third kappa shape index (κ3) is 6.56. The molecule has 5 rings (SSSR count). The summed E-state index contributed by atoms with van der Waals surface area (Å²) < 4.78 is 10.9. The van der Waals surface area contributed by atoms with Gasteiger partial charge in [-0.25, -0.2) is 0 Å². The number of carbonyl (C=O) groups excluding carboxylic acids is 1. The average Bonchev–Trinajstić information content (AvgIpc) is 3.12. The topological polar surface area (TPSA) is 71.0 Å². The van der Waals surface area contributed by atoms with Crippen molar-refractivity contribution in [3.63, 3.8) is 0 Å². The molecule has 2 N–H and O–H groups in total. The van der Waals surface area contributed by atoms with E-state index in [4.69, 9.17) is 9.47 Å². The van der Waals surface area contributed by atoms with E-state index in [9.17, 15) is 9.90 Å². The summed E-state index contributed by atoms with van der Waals surface area (Å²) >= 11 is 0. The van der Waals surface area contributed by atoms with Crippen LogP contribution < -0.4 is 14.8 Å². The van der Waals surface area contributed by atoms with Crippen molar-refractivity contribution in [1.29, 1.82) is 0 Å². The van der Waals surface area contributed by atoms with E-state index in [-0.39, 0.29) is 17.9 Å². The van der Waals surface area contributed by atoms with Gasteiger partial charge in [0.25, 0.3) is 0 Å². The van der Waals surface area contributed by atoms with Crippen molar-refractivity contribution in [3.05, 3.63) is 65.7 Å². The fourth-order valence-corrected chi connectivity index (χ4v) is 6.43. The number of rotatable bonds is 10. The summed E-state index contributed by atoms with van der Waals surface area (Å²) in [4.78, 5) is 15.6. The lowest BCUT2D eigenvalue weighted by Gasteiger charge is -2.37. The molecule has 3 unspecified atom stereocenters. The Kier molecular flexibility index (Phi) is 9.05. The number of amides is 1. The number of ether oxygens (including phenoxy) is 2. The molecule has 0 aliphatic carbocycles. The minimum absolute atomic E-state index is 0.0190. The highest BCUT2D eigenvalue weighted by Crippen LogP contribution is 2.37. The summed E-state index contributed by atoms with van der Waals surface area (Å²) in [5.74, 6) is 1.40. The molecule has 0 radical (unpaired) electrons. The summed E-state index contributed by atoms with van der Waals surface area (Å²) in [5, 5.41) is 16.7. The second-order valence-corrected chi connectivity index (χ2v) is 11.1. The van der Waals surface area contributed by atoms with Crippen LogP contribution in [-0.4, -0.2) is 55.4 Å². The van der Waals surface area contributed by atoms with Crippen LogP contribution in [0.5, 0.6) is 11.5 Å². The molecule has 1 fully saturated rings.